The first kappa shape index (κ1) is 20.9. The maximum absolute atomic E-state index is 13.7. The van der Waals surface area contributed by atoms with Crippen molar-refractivity contribution in [1.82, 2.24) is 14.9 Å². The molecule has 1 heterocycles. The molecule has 2 rings (SSSR count). The molecule has 0 aliphatic rings. The zero-order valence-electron chi connectivity index (χ0n) is 15.3. The molecule has 0 saturated carbocycles. The second-order valence-electron chi connectivity index (χ2n) is 6.83. The van der Waals surface area contributed by atoms with Crippen molar-refractivity contribution in [3.8, 4) is 11.1 Å². The fourth-order valence-corrected chi connectivity index (χ4v) is 2.61. The first-order chi connectivity index (χ1) is 12.6. The monoisotopic (exact) mass is 397 g/mol. The van der Waals surface area contributed by atoms with Gasteiger partial charge >= 0.3 is 11.7 Å². The smallest absolute Gasteiger partial charge is 0.328 e. The van der Waals surface area contributed by atoms with Gasteiger partial charge in [0.25, 0.3) is 5.56 Å². The van der Waals surface area contributed by atoms with Crippen LogP contribution >= 0.6 is 11.6 Å². The van der Waals surface area contributed by atoms with Gasteiger partial charge in [0.05, 0.1) is 17.1 Å². The molecule has 0 amide bonds. The van der Waals surface area contributed by atoms with E-state index < -0.39 is 28.6 Å². The van der Waals surface area contributed by atoms with Crippen LogP contribution in [0.1, 0.15) is 20.8 Å². The van der Waals surface area contributed by atoms with E-state index in [0.29, 0.717) is 0 Å². The molecule has 0 fully saturated rings. The molecular weight excluding hydrogens is 377 g/mol. The lowest BCUT2D eigenvalue weighted by atomic mass is 10.1. The van der Waals surface area contributed by atoms with Crippen LogP contribution in [0.15, 0.2) is 34.0 Å². The van der Waals surface area contributed by atoms with Crippen LogP contribution in [-0.4, -0.2) is 34.2 Å². The van der Waals surface area contributed by atoms with Crippen LogP contribution in [-0.2, 0) is 16.1 Å². The van der Waals surface area contributed by atoms with Crippen LogP contribution in [0.25, 0.3) is 11.1 Å². The minimum Gasteiger partial charge on any atom is -0.459 e. The van der Waals surface area contributed by atoms with E-state index in [1.54, 1.807) is 20.8 Å². The average molecular weight is 398 g/mol. The van der Waals surface area contributed by atoms with E-state index in [0.717, 1.165) is 4.57 Å². The molecule has 0 atom stereocenters. The third-order valence-corrected chi connectivity index (χ3v) is 3.89. The third kappa shape index (κ3) is 5.51. The standard InChI is InChI=1S/C18H21ClFN3O4/c1-18(2,3)27-14(24)10-21-7-8-23-16(25)12(9-22-17(23)26)11-5-4-6-13(20)15(11)19/h4-6,9,21H,7-8,10H2,1-3H3,(H,22,26). The number of ether oxygens (including phenoxy) is 1. The summed E-state index contributed by atoms with van der Waals surface area (Å²) in [5.41, 5.74) is -1.55. The van der Waals surface area contributed by atoms with Crippen LogP contribution in [0.4, 0.5) is 4.39 Å². The quantitative estimate of drug-likeness (QED) is 0.574. The van der Waals surface area contributed by atoms with E-state index >= 15 is 0 Å². The summed E-state index contributed by atoms with van der Waals surface area (Å²) in [7, 11) is 0. The predicted octanol–water partition coefficient (Wildman–Crippen LogP) is 1.93. The predicted molar refractivity (Wildman–Crippen MR) is 100 cm³/mol. The minimum atomic E-state index is -0.662. The summed E-state index contributed by atoms with van der Waals surface area (Å²) in [5.74, 6) is -1.10. The lowest BCUT2D eigenvalue weighted by molar-refractivity contribution is -0.153. The van der Waals surface area contributed by atoms with Gasteiger partial charge in [-0.2, -0.15) is 0 Å². The molecule has 0 aliphatic heterocycles. The first-order valence-corrected chi connectivity index (χ1v) is 8.67. The minimum absolute atomic E-state index is 0.0116. The molecule has 9 heteroatoms. The van der Waals surface area contributed by atoms with Crippen molar-refractivity contribution in [2.45, 2.75) is 32.9 Å². The Bertz CT molecular complexity index is 947. The fourth-order valence-electron chi connectivity index (χ4n) is 2.38. The van der Waals surface area contributed by atoms with E-state index in [1.807, 2.05) is 0 Å². The van der Waals surface area contributed by atoms with Crippen LogP contribution in [0.3, 0.4) is 0 Å². The zero-order valence-corrected chi connectivity index (χ0v) is 16.0. The second-order valence-corrected chi connectivity index (χ2v) is 7.21. The molecule has 1 aromatic carbocycles. The lowest BCUT2D eigenvalue weighted by Gasteiger charge is -2.19. The Balaban J connectivity index is 2.12. The number of carbonyl (C=O) groups is 1. The molecule has 0 saturated heterocycles. The molecule has 0 unspecified atom stereocenters. The highest BCUT2D eigenvalue weighted by Gasteiger charge is 2.16. The molecule has 0 aliphatic carbocycles. The normalized spacial score (nSPS) is 11.4. The van der Waals surface area contributed by atoms with Gasteiger partial charge in [0.15, 0.2) is 0 Å². The summed E-state index contributed by atoms with van der Waals surface area (Å²) in [6.07, 6.45) is 1.20. The van der Waals surface area contributed by atoms with Gasteiger partial charge in [-0.25, -0.2) is 9.18 Å². The summed E-state index contributed by atoms with van der Waals surface area (Å²) in [5, 5.41) is 2.62. The Morgan fingerprint density at radius 1 is 1.30 bits per heavy atom. The van der Waals surface area contributed by atoms with Crippen LogP contribution in [0, 0.1) is 5.82 Å². The zero-order chi connectivity index (χ0) is 20.2. The maximum Gasteiger partial charge on any atom is 0.328 e. The number of H-pyrrole nitrogens is 1. The highest BCUT2D eigenvalue weighted by molar-refractivity contribution is 6.33. The molecule has 2 aromatic rings. The highest BCUT2D eigenvalue weighted by atomic mass is 35.5. The number of rotatable bonds is 6. The Hall–Kier alpha value is -2.45. The Morgan fingerprint density at radius 2 is 2.00 bits per heavy atom. The van der Waals surface area contributed by atoms with Crippen molar-refractivity contribution in [3.05, 3.63) is 56.1 Å². The topological polar surface area (TPSA) is 93.2 Å². The van der Waals surface area contributed by atoms with Crippen LogP contribution < -0.4 is 16.6 Å². The summed E-state index contributed by atoms with van der Waals surface area (Å²) < 4.78 is 19.8. The number of aromatic amines is 1. The highest BCUT2D eigenvalue weighted by Crippen LogP contribution is 2.27. The van der Waals surface area contributed by atoms with Crippen LogP contribution in [0.2, 0.25) is 5.02 Å². The van der Waals surface area contributed by atoms with E-state index in [2.05, 4.69) is 10.3 Å². The molecule has 1 aromatic heterocycles. The van der Waals surface area contributed by atoms with Gasteiger partial charge in [0.2, 0.25) is 0 Å². The summed E-state index contributed by atoms with van der Waals surface area (Å²) >= 11 is 5.93. The summed E-state index contributed by atoms with van der Waals surface area (Å²) in [4.78, 5) is 38.7. The molecule has 0 spiro atoms. The van der Waals surface area contributed by atoms with E-state index in [9.17, 15) is 18.8 Å². The number of hydrogen-bond donors (Lipinski definition) is 2. The Labute approximate surface area is 160 Å². The van der Waals surface area contributed by atoms with Gasteiger partial charge in [0.1, 0.15) is 11.4 Å². The third-order valence-electron chi connectivity index (χ3n) is 3.50. The van der Waals surface area contributed by atoms with Crippen molar-refractivity contribution in [3.63, 3.8) is 0 Å². The number of nitrogens with zero attached hydrogens (tertiary/aromatic N) is 1. The summed E-state index contributed by atoms with van der Waals surface area (Å²) in [6.45, 7) is 5.41. The number of nitrogens with one attached hydrogen (secondary N) is 2. The average Bonchev–Trinajstić information content (AvgIpc) is 2.55. The van der Waals surface area contributed by atoms with Crippen molar-refractivity contribution >= 4 is 17.6 Å². The van der Waals surface area contributed by atoms with Crippen molar-refractivity contribution in [2.75, 3.05) is 13.1 Å². The molecule has 7 nitrogen and oxygen atoms in total. The Kier molecular flexibility index (Phi) is 6.56. The van der Waals surface area contributed by atoms with Gasteiger partial charge < -0.3 is 15.0 Å². The fraction of sp³-hybridized carbons (Fsp3) is 0.389. The van der Waals surface area contributed by atoms with Gasteiger partial charge in [-0.1, -0.05) is 23.7 Å². The van der Waals surface area contributed by atoms with Crippen molar-refractivity contribution in [2.24, 2.45) is 0 Å². The molecule has 0 bridgehead atoms. The number of carbonyl (C=O) groups excluding carboxylic acids is 1. The number of hydrogen-bond acceptors (Lipinski definition) is 5. The number of aromatic nitrogens is 2. The molecule has 146 valence electrons. The SMILES string of the molecule is CC(C)(C)OC(=O)CNCCn1c(=O)[nH]cc(-c2cccc(F)c2Cl)c1=O. The molecular formula is C18H21ClFN3O4. The second kappa shape index (κ2) is 8.49. The van der Waals surface area contributed by atoms with E-state index in [1.165, 1.54) is 24.4 Å². The molecule has 27 heavy (non-hydrogen) atoms. The van der Waals surface area contributed by atoms with Crippen molar-refractivity contribution in [1.29, 1.82) is 0 Å². The maximum atomic E-state index is 13.7. The Morgan fingerprint density at radius 3 is 2.67 bits per heavy atom. The number of esters is 1. The van der Waals surface area contributed by atoms with Gasteiger partial charge in [-0.3, -0.25) is 14.2 Å². The van der Waals surface area contributed by atoms with Gasteiger partial charge in [-0.05, 0) is 26.8 Å². The molecule has 2 N–H and O–H groups in total. The largest absolute Gasteiger partial charge is 0.459 e. The first-order valence-electron chi connectivity index (χ1n) is 8.29. The van der Waals surface area contributed by atoms with Gasteiger partial charge in [0, 0.05) is 24.8 Å². The van der Waals surface area contributed by atoms with Crippen LogP contribution in [0.5, 0.6) is 0 Å². The summed E-state index contributed by atoms with van der Waals surface area (Å²) in [6, 6.07) is 4.09. The van der Waals surface area contributed by atoms with Gasteiger partial charge in [-0.15, -0.1) is 0 Å². The molecule has 0 radical (unpaired) electrons. The van der Waals surface area contributed by atoms with E-state index in [-0.39, 0.29) is 35.8 Å². The number of halogens is 2. The lowest BCUT2D eigenvalue weighted by Crippen LogP contribution is -2.39. The number of benzene rings is 1. The van der Waals surface area contributed by atoms with E-state index in [4.69, 9.17) is 16.3 Å². The van der Waals surface area contributed by atoms with Crippen molar-refractivity contribution < 1.29 is 13.9 Å².